The van der Waals surface area contributed by atoms with E-state index in [1.165, 1.54) is 14.0 Å². The van der Waals surface area contributed by atoms with E-state index in [0.29, 0.717) is 0 Å². The molecule has 0 aliphatic carbocycles. The summed E-state index contributed by atoms with van der Waals surface area (Å²) in [6.45, 7) is 1.60. The number of hydrogen-bond donors (Lipinski definition) is 1. The predicted molar refractivity (Wildman–Crippen MR) is 47.4 cm³/mol. The maximum atomic E-state index is 11.1. The fraction of sp³-hybridized carbons (Fsp3) is 0.778. The molecule has 4 heteroatoms. The lowest BCUT2D eigenvalue weighted by Crippen LogP contribution is -2.18. The topological polar surface area (TPSA) is 63.6 Å². The highest BCUT2D eigenvalue weighted by molar-refractivity contribution is 5.85. The minimum Gasteiger partial charge on any atom is -0.390 e. The van der Waals surface area contributed by atoms with E-state index in [2.05, 4.69) is 4.74 Å². The van der Waals surface area contributed by atoms with Gasteiger partial charge in [0.25, 0.3) is 0 Å². The van der Waals surface area contributed by atoms with Gasteiger partial charge < -0.3 is 14.6 Å². The number of hydrogen-bond acceptors (Lipinski definition) is 4. The van der Waals surface area contributed by atoms with Gasteiger partial charge in [-0.2, -0.15) is 0 Å². The van der Waals surface area contributed by atoms with Crippen molar-refractivity contribution in [1.82, 2.24) is 0 Å². The average Bonchev–Trinajstić information content (AvgIpc) is 2.01. The van der Waals surface area contributed by atoms with E-state index in [-0.39, 0.29) is 37.4 Å². The molecule has 0 aromatic carbocycles. The summed E-state index contributed by atoms with van der Waals surface area (Å²) in [5.74, 6) is -0.102. The van der Waals surface area contributed by atoms with Crippen LogP contribution in [-0.4, -0.2) is 36.5 Å². The largest absolute Gasteiger partial charge is 0.390 e. The zero-order chi connectivity index (χ0) is 10.3. The van der Waals surface area contributed by atoms with Gasteiger partial charge in [-0.15, -0.1) is 0 Å². The van der Waals surface area contributed by atoms with Gasteiger partial charge in [0.15, 0.2) is 0 Å². The van der Waals surface area contributed by atoms with E-state index in [1.54, 1.807) is 0 Å². The third-order valence-electron chi connectivity index (χ3n) is 1.58. The monoisotopic (exact) mass is 188 g/mol. The Morgan fingerprint density at radius 3 is 2.46 bits per heavy atom. The summed E-state index contributed by atoms with van der Waals surface area (Å²) in [6.07, 6.45) is -0.195. The van der Waals surface area contributed by atoms with Crippen LogP contribution in [0.3, 0.4) is 0 Å². The van der Waals surface area contributed by atoms with E-state index in [0.717, 1.165) is 0 Å². The molecule has 0 aliphatic rings. The van der Waals surface area contributed by atoms with Crippen LogP contribution < -0.4 is 0 Å². The van der Waals surface area contributed by atoms with Crippen molar-refractivity contribution in [2.45, 2.75) is 32.3 Å². The van der Waals surface area contributed by atoms with Crippen molar-refractivity contribution in [3.8, 4) is 0 Å². The highest BCUT2D eigenvalue weighted by atomic mass is 16.5. The number of Topliss-reactive ketones (excluding diaryl/α,β-unsaturated/α-hetero) is 2. The minimum absolute atomic E-state index is 0.00502. The highest BCUT2D eigenvalue weighted by Gasteiger charge is 2.10. The van der Waals surface area contributed by atoms with Crippen molar-refractivity contribution in [2.24, 2.45) is 0 Å². The molecule has 1 atom stereocenters. The molecule has 0 bridgehead atoms. The van der Waals surface area contributed by atoms with E-state index < -0.39 is 6.10 Å². The Morgan fingerprint density at radius 1 is 1.38 bits per heavy atom. The first-order valence-electron chi connectivity index (χ1n) is 4.24. The standard InChI is InChI=1S/C9H16O4/c1-7(10)3-4-8(11)5-9(12)6-13-2/h9,12H,3-6H2,1-2H3. The van der Waals surface area contributed by atoms with Gasteiger partial charge in [0.2, 0.25) is 0 Å². The second kappa shape index (κ2) is 6.74. The third-order valence-corrected chi connectivity index (χ3v) is 1.58. The molecule has 0 rings (SSSR count). The Morgan fingerprint density at radius 2 is 2.00 bits per heavy atom. The maximum absolute atomic E-state index is 11.1. The first kappa shape index (κ1) is 12.3. The lowest BCUT2D eigenvalue weighted by molar-refractivity contribution is -0.125. The zero-order valence-corrected chi connectivity index (χ0v) is 8.08. The van der Waals surface area contributed by atoms with Crippen LogP contribution in [0.15, 0.2) is 0 Å². The number of aliphatic hydroxyl groups is 1. The summed E-state index contributed by atoms with van der Waals surface area (Å²) in [5, 5.41) is 9.15. The SMILES string of the molecule is COCC(O)CC(=O)CCC(C)=O. The van der Waals surface area contributed by atoms with Crippen LogP contribution >= 0.6 is 0 Å². The fourth-order valence-corrected chi connectivity index (χ4v) is 0.932. The van der Waals surface area contributed by atoms with E-state index in [4.69, 9.17) is 5.11 Å². The summed E-state index contributed by atoms with van der Waals surface area (Å²) in [6, 6.07) is 0. The summed E-state index contributed by atoms with van der Waals surface area (Å²) < 4.78 is 4.66. The van der Waals surface area contributed by atoms with Crippen molar-refractivity contribution < 1.29 is 19.4 Å². The first-order valence-corrected chi connectivity index (χ1v) is 4.24. The Bertz CT molecular complexity index is 176. The van der Waals surface area contributed by atoms with E-state index in [1.807, 2.05) is 0 Å². The zero-order valence-electron chi connectivity index (χ0n) is 8.08. The molecular weight excluding hydrogens is 172 g/mol. The normalized spacial score (nSPS) is 12.5. The molecule has 0 spiro atoms. The first-order chi connectivity index (χ1) is 6.06. The molecule has 0 aromatic rings. The molecule has 0 amide bonds. The Hall–Kier alpha value is -0.740. The van der Waals surface area contributed by atoms with Gasteiger partial charge in [0.05, 0.1) is 12.7 Å². The number of carbonyl (C=O) groups is 2. The Labute approximate surface area is 77.9 Å². The average molecular weight is 188 g/mol. The molecule has 0 fully saturated rings. The predicted octanol–water partition coefficient (Wildman–Crippen LogP) is 0.322. The lowest BCUT2D eigenvalue weighted by atomic mass is 10.1. The number of carbonyl (C=O) groups excluding carboxylic acids is 2. The number of ether oxygens (including phenoxy) is 1. The summed E-state index contributed by atoms with van der Waals surface area (Å²) >= 11 is 0. The molecule has 0 saturated heterocycles. The molecule has 0 aromatic heterocycles. The number of methoxy groups -OCH3 is 1. The smallest absolute Gasteiger partial charge is 0.136 e. The molecule has 1 unspecified atom stereocenters. The van der Waals surface area contributed by atoms with Gasteiger partial charge in [-0.05, 0) is 6.92 Å². The maximum Gasteiger partial charge on any atom is 0.136 e. The molecule has 76 valence electrons. The van der Waals surface area contributed by atoms with Gasteiger partial charge in [0.1, 0.15) is 11.6 Å². The summed E-state index contributed by atoms with van der Waals surface area (Å²) in [5.41, 5.74) is 0. The number of rotatable bonds is 7. The van der Waals surface area contributed by atoms with Gasteiger partial charge in [-0.25, -0.2) is 0 Å². The third kappa shape index (κ3) is 7.62. The molecule has 0 saturated carbocycles. The van der Waals surface area contributed by atoms with Crippen LogP contribution in [0.5, 0.6) is 0 Å². The van der Waals surface area contributed by atoms with E-state index in [9.17, 15) is 9.59 Å². The molecular formula is C9H16O4. The van der Waals surface area contributed by atoms with Crippen LogP contribution in [0.25, 0.3) is 0 Å². The minimum atomic E-state index is -0.746. The quantitative estimate of drug-likeness (QED) is 0.625. The number of ketones is 2. The summed E-state index contributed by atoms with van der Waals surface area (Å²) in [7, 11) is 1.46. The van der Waals surface area contributed by atoms with Gasteiger partial charge in [-0.3, -0.25) is 4.79 Å². The van der Waals surface area contributed by atoms with Crippen molar-refractivity contribution in [3.63, 3.8) is 0 Å². The van der Waals surface area contributed by atoms with Crippen LogP contribution in [-0.2, 0) is 14.3 Å². The molecule has 0 heterocycles. The molecule has 13 heavy (non-hydrogen) atoms. The van der Waals surface area contributed by atoms with Gasteiger partial charge in [-0.1, -0.05) is 0 Å². The van der Waals surface area contributed by atoms with Crippen LogP contribution in [0.2, 0.25) is 0 Å². The van der Waals surface area contributed by atoms with Gasteiger partial charge in [0, 0.05) is 26.4 Å². The van der Waals surface area contributed by atoms with Crippen LogP contribution in [0.1, 0.15) is 26.2 Å². The van der Waals surface area contributed by atoms with E-state index >= 15 is 0 Å². The molecule has 1 N–H and O–H groups in total. The van der Waals surface area contributed by atoms with Crippen molar-refractivity contribution in [1.29, 1.82) is 0 Å². The Balaban J connectivity index is 3.55. The van der Waals surface area contributed by atoms with Gasteiger partial charge >= 0.3 is 0 Å². The van der Waals surface area contributed by atoms with Crippen molar-refractivity contribution in [3.05, 3.63) is 0 Å². The Kier molecular flexibility index (Phi) is 6.36. The van der Waals surface area contributed by atoms with Crippen molar-refractivity contribution >= 4 is 11.6 Å². The molecule has 0 aliphatic heterocycles. The second-order valence-electron chi connectivity index (χ2n) is 3.05. The molecule has 4 nitrogen and oxygen atoms in total. The second-order valence-corrected chi connectivity index (χ2v) is 3.05. The highest BCUT2D eigenvalue weighted by Crippen LogP contribution is 2.00. The number of aliphatic hydroxyl groups excluding tert-OH is 1. The van der Waals surface area contributed by atoms with Crippen molar-refractivity contribution in [2.75, 3.05) is 13.7 Å². The van der Waals surface area contributed by atoms with Crippen LogP contribution in [0.4, 0.5) is 0 Å². The van der Waals surface area contributed by atoms with Crippen LogP contribution in [0, 0.1) is 0 Å². The molecule has 0 radical (unpaired) electrons. The summed E-state index contributed by atoms with van der Waals surface area (Å²) in [4.78, 5) is 21.6. The fourth-order valence-electron chi connectivity index (χ4n) is 0.932. The lowest BCUT2D eigenvalue weighted by Gasteiger charge is -2.07.